The molecule has 2 unspecified atom stereocenters. The van der Waals surface area contributed by atoms with E-state index in [1.165, 1.54) is 5.56 Å². The van der Waals surface area contributed by atoms with Gasteiger partial charge in [-0.3, -0.25) is 0 Å². The molecule has 2 aromatic rings. The second-order valence-electron chi connectivity index (χ2n) is 4.48. The van der Waals surface area contributed by atoms with E-state index < -0.39 is 12.1 Å². The number of aryl methyl sites for hydroxylation is 1. The summed E-state index contributed by atoms with van der Waals surface area (Å²) in [6, 6.07) is 7.50. The highest BCUT2D eigenvalue weighted by Crippen LogP contribution is 2.14. The molecule has 1 heterocycles. The minimum Gasteiger partial charge on any atom is -0.391 e. The van der Waals surface area contributed by atoms with Gasteiger partial charge in [-0.15, -0.1) is 0 Å². The van der Waals surface area contributed by atoms with Gasteiger partial charge in [0.05, 0.1) is 6.10 Å². The summed E-state index contributed by atoms with van der Waals surface area (Å²) < 4.78 is 5.04. The SMILES string of the molecule is Cc1ccc(Cc2noc(C(N)C(C)O)n2)cc1. The minimum atomic E-state index is -0.710. The summed E-state index contributed by atoms with van der Waals surface area (Å²) in [4.78, 5) is 4.19. The Kier molecular flexibility index (Phi) is 3.74. The van der Waals surface area contributed by atoms with Crippen molar-refractivity contribution in [2.75, 3.05) is 0 Å². The first-order valence-corrected chi connectivity index (χ1v) is 5.88. The van der Waals surface area contributed by atoms with Gasteiger partial charge in [0.2, 0.25) is 5.89 Å². The van der Waals surface area contributed by atoms with E-state index in [1.54, 1.807) is 6.92 Å². The first-order valence-electron chi connectivity index (χ1n) is 5.88. The van der Waals surface area contributed by atoms with Gasteiger partial charge in [0.15, 0.2) is 5.82 Å². The maximum Gasteiger partial charge on any atom is 0.246 e. The summed E-state index contributed by atoms with van der Waals surface area (Å²) in [5.74, 6) is 0.845. The van der Waals surface area contributed by atoms with Crippen molar-refractivity contribution >= 4 is 0 Å². The monoisotopic (exact) mass is 247 g/mol. The number of aliphatic hydroxyl groups excluding tert-OH is 1. The highest BCUT2D eigenvalue weighted by atomic mass is 16.5. The van der Waals surface area contributed by atoms with Crippen molar-refractivity contribution < 1.29 is 9.63 Å². The van der Waals surface area contributed by atoms with E-state index in [-0.39, 0.29) is 5.89 Å². The number of benzene rings is 1. The molecule has 1 aromatic carbocycles. The molecular formula is C13H17N3O2. The predicted octanol–water partition coefficient (Wildman–Crippen LogP) is 1.35. The lowest BCUT2D eigenvalue weighted by Crippen LogP contribution is -2.23. The molecule has 5 nitrogen and oxygen atoms in total. The van der Waals surface area contributed by atoms with Gasteiger partial charge in [-0.1, -0.05) is 35.0 Å². The number of hydrogen-bond donors (Lipinski definition) is 2. The molecule has 0 aliphatic carbocycles. The lowest BCUT2D eigenvalue weighted by Gasteiger charge is -2.08. The van der Waals surface area contributed by atoms with Crippen LogP contribution in [0, 0.1) is 6.92 Å². The Morgan fingerprint density at radius 3 is 2.61 bits per heavy atom. The van der Waals surface area contributed by atoms with Gasteiger partial charge in [0, 0.05) is 6.42 Å². The van der Waals surface area contributed by atoms with Crippen LogP contribution in [-0.2, 0) is 6.42 Å². The van der Waals surface area contributed by atoms with Crippen molar-refractivity contribution in [2.24, 2.45) is 5.73 Å². The van der Waals surface area contributed by atoms with Crippen LogP contribution in [0.2, 0.25) is 0 Å². The van der Waals surface area contributed by atoms with Crippen molar-refractivity contribution in [1.82, 2.24) is 10.1 Å². The molecule has 0 radical (unpaired) electrons. The molecule has 18 heavy (non-hydrogen) atoms. The Hall–Kier alpha value is -1.72. The molecule has 2 atom stereocenters. The average Bonchev–Trinajstić information content (AvgIpc) is 2.79. The first-order chi connectivity index (χ1) is 8.56. The van der Waals surface area contributed by atoms with Crippen LogP contribution in [0.1, 0.15) is 35.8 Å². The Balaban J connectivity index is 2.09. The fraction of sp³-hybridized carbons (Fsp3) is 0.385. The van der Waals surface area contributed by atoms with E-state index in [0.717, 1.165) is 5.56 Å². The minimum absolute atomic E-state index is 0.270. The van der Waals surface area contributed by atoms with E-state index in [2.05, 4.69) is 10.1 Å². The molecule has 1 aromatic heterocycles. The normalized spacial score (nSPS) is 14.4. The summed E-state index contributed by atoms with van der Waals surface area (Å²) in [5, 5.41) is 13.2. The summed E-state index contributed by atoms with van der Waals surface area (Å²) in [6.45, 7) is 3.63. The number of nitrogens with zero attached hydrogens (tertiary/aromatic N) is 2. The Labute approximate surface area is 106 Å². The van der Waals surface area contributed by atoms with Crippen LogP contribution in [0.5, 0.6) is 0 Å². The molecule has 5 heteroatoms. The molecule has 2 rings (SSSR count). The molecule has 0 saturated heterocycles. The molecular weight excluding hydrogens is 230 g/mol. The van der Waals surface area contributed by atoms with Crippen LogP contribution in [0.15, 0.2) is 28.8 Å². The molecule has 0 fully saturated rings. The van der Waals surface area contributed by atoms with Crippen LogP contribution >= 0.6 is 0 Å². The van der Waals surface area contributed by atoms with Gasteiger partial charge >= 0.3 is 0 Å². The zero-order valence-corrected chi connectivity index (χ0v) is 10.5. The Morgan fingerprint density at radius 2 is 2.00 bits per heavy atom. The second kappa shape index (κ2) is 5.29. The summed E-state index contributed by atoms with van der Waals surface area (Å²) >= 11 is 0. The molecule has 0 aliphatic rings. The van der Waals surface area contributed by atoms with Gasteiger partial charge in [-0.25, -0.2) is 0 Å². The Bertz CT molecular complexity index is 505. The zero-order chi connectivity index (χ0) is 13.1. The van der Waals surface area contributed by atoms with Gasteiger partial charge in [-0.05, 0) is 19.4 Å². The summed E-state index contributed by atoms with van der Waals surface area (Å²) in [6.07, 6.45) is -0.117. The van der Waals surface area contributed by atoms with Crippen molar-refractivity contribution in [1.29, 1.82) is 0 Å². The molecule has 0 aliphatic heterocycles. The fourth-order valence-electron chi connectivity index (χ4n) is 1.57. The topological polar surface area (TPSA) is 85.2 Å². The quantitative estimate of drug-likeness (QED) is 0.851. The van der Waals surface area contributed by atoms with E-state index >= 15 is 0 Å². The smallest absolute Gasteiger partial charge is 0.246 e. The molecule has 0 amide bonds. The molecule has 0 saturated carbocycles. The number of hydrogen-bond acceptors (Lipinski definition) is 5. The fourth-order valence-corrected chi connectivity index (χ4v) is 1.57. The third-order valence-corrected chi connectivity index (χ3v) is 2.77. The van der Waals surface area contributed by atoms with Crippen LogP contribution in [0.25, 0.3) is 0 Å². The van der Waals surface area contributed by atoms with E-state index in [1.807, 2.05) is 31.2 Å². The first kappa shape index (κ1) is 12.7. The van der Waals surface area contributed by atoms with Crippen molar-refractivity contribution in [3.63, 3.8) is 0 Å². The molecule has 0 spiro atoms. The highest BCUT2D eigenvalue weighted by molar-refractivity contribution is 5.23. The maximum atomic E-state index is 9.35. The van der Waals surface area contributed by atoms with Crippen molar-refractivity contribution in [2.45, 2.75) is 32.4 Å². The zero-order valence-electron chi connectivity index (χ0n) is 10.5. The van der Waals surface area contributed by atoms with Crippen LogP contribution < -0.4 is 5.73 Å². The van der Waals surface area contributed by atoms with Crippen molar-refractivity contribution in [3.05, 3.63) is 47.1 Å². The molecule has 3 N–H and O–H groups in total. The van der Waals surface area contributed by atoms with Crippen LogP contribution in [0.3, 0.4) is 0 Å². The van der Waals surface area contributed by atoms with E-state index in [4.69, 9.17) is 10.3 Å². The van der Waals surface area contributed by atoms with Crippen LogP contribution in [-0.4, -0.2) is 21.4 Å². The predicted molar refractivity (Wildman–Crippen MR) is 66.9 cm³/mol. The lowest BCUT2D eigenvalue weighted by atomic mass is 10.1. The summed E-state index contributed by atoms with van der Waals surface area (Å²) in [5.41, 5.74) is 8.04. The number of aliphatic hydroxyl groups is 1. The van der Waals surface area contributed by atoms with Gasteiger partial charge in [0.1, 0.15) is 6.04 Å². The van der Waals surface area contributed by atoms with E-state index in [9.17, 15) is 5.11 Å². The number of rotatable bonds is 4. The number of aromatic nitrogens is 2. The van der Waals surface area contributed by atoms with Crippen molar-refractivity contribution in [3.8, 4) is 0 Å². The molecule has 96 valence electrons. The second-order valence-corrected chi connectivity index (χ2v) is 4.48. The number of nitrogens with two attached hydrogens (primary N) is 1. The average molecular weight is 247 g/mol. The lowest BCUT2D eigenvalue weighted by molar-refractivity contribution is 0.146. The van der Waals surface area contributed by atoms with Gasteiger partial charge < -0.3 is 15.4 Å². The standard InChI is InChI=1S/C13H17N3O2/c1-8-3-5-10(6-4-8)7-11-15-13(18-16-11)12(14)9(2)17/h3-6,9,12,17H,7,14H2,1-2H3. The largest absolute Gasteiger partial charge is 0.391 e. The van der Waals surface area contributed by atoms with Crippen LogP contribution in [0.4, 0.5) is 0 Å². The third kappa shape index (κ3) is 2.94. The highest BCUT2D eigenvalue weighted by Gasteiger charge is 2.19. The third-order valence-electron chi connectivity index (χ3n) is 2.77. The Morgan fingerprint density at radius 1 is 1.33 bits per heavy atom. The summed E-state index contributed by atoms with van der Waals surface area (Å²) in [7, 11) is 0. The van der Waals surface area contributed by atoms with Gasteiger partial charge in [-0.2, -0.15) is 4.98 Å². The van der Waals surface area contributed by atoms with E-state index in [0.29, 0.717) is 12.2 Å². The molecule has 0 bridgehead atoms. The maximum absolute atomic E-state index is 9.35. The van der Waals surface area contributed by atoms with Gasteiger partial charge in [0.25, 0.3) is 0 Å².